The van der Waals surface area contributed by atoms with Crippen LogP contribution >= 0.6 is 0 Å². The number of hydrogen-bond donors (Lipinski definition) is 3. The topological polar surface area (TPSA) is 81.7 Å². The first kappa shape index (κ1) is 15.8. The highest BCUT2D eigenvalue weighted by molar-refractivity contribution is 5.95. The van der Waals surface area contributed by atoms with Crippen LogP contribution in [0.15, 0.2) is 42.5 Å². The van der Waals surface area contributed by atoms with E-state index in [2.05, 4.69) is 5.48 Å². The number of aryl methyl sites for hydroxylation is 1. The van der Waals surface area contributed by atoms with E-state index in [1.807, 2.05) is 41.1 Å². The lowest BCUT2D eigenvalue weighted by Gasteiger charge is -2.16. The van der Waals surface area contributed by atoms with Crippen LogP contribution in [0.4, 0.5) is 5.69 Å². The van der Waals surface area contributed by atoms with Gasteiger partial charge in [-0.1, -0.05) is 30.3 Å². The van der Waals surface area contributed by atoms with E-state index in [-0.39, 0.29) is 0 Å². The second-order valence-electron chi connectivity index (χ2n) is 6.25. The van der Waals surface area contributed by atoms with Gasteiger partial charge in [0.15, 0.2) is 5.75 Å². The zero-order chi connectivity index (χ0) is 17.2. The molecule has 25 heavy (non-hydrogen) atoms. The van der Waals surface area contributed by atoms with E-state index < -0.39 is 0 Å². The highest BCUT2D eigenvalue weighted by Gasteiger charge is 2.25. The van der Waals surface area contributed by atoms with Crippen LogP contribution in [0.1, 0.15) is 29.7 Å². The van der Waals surface area contributed by atoms with Crippen LogP contribution < -0.4 is 21.1 Å². The summed E-state index contributed by atoms with van der Waals surface area (Å²) in [6.45, 7) is 0.482. The second-order valence-corrected chi connectivity index (χ2v) is 6.25. The second kappa shape index (κ2) is 6.66. The van der Waals surface area contributed by atoms with Crippen LogP contribution in [0.2, 0.25) is 0 Å². The summed E-state index contributed by atoms with van der Waals surface area (Å²) < 4.78 is 1.90. The molecule has 0 aliphatic heterocycles. The van der Waals surface area contributed by atoms with Gasteiger partial charge in [-0.3, -0.25) is 10.7 Å². The number of hydrogen-bond acceptors (Lipinski definition) is 5. The fraction of sp³-hybridized carbons (Fsp3) is 0.263. The van der Waals surface area contributed by atoms with Crippen molar-refractivity contribution in [3.05, 3.63) is 59.3 Å². The molecule has 1 aliphatic rings. The lowest BCUT2D eigenvalue weighted by molar-refractivity contribution is 0.0998. The number of benzene rings is 2. The van der Waals surface area contributed by atoms with Crippen LogP contribution in [0.25, 0.3) is 10.9 Å². The molecule has 4 N–H and O–H groups in total. The molecule has 0 bridgehead atoms. The Labute approximate surface area is 145 Å². The molecule has 0 amide bonds. The Kier molecular flexibility index (Phi) is 4.21. The molecule has 6 nitrogen and oxygen atoms in total. The number of rotatable bonds is 5. The maximum absolute atomic E-state index is 9.35. The number of nitrogens with two attached hydrogens (primary N) is 1. The molecule has 0 unspecified atom stereocenters. The van der Waals surface area contributed by atoms with Gasteiger partial charge < -0.3 is 9.68 Å². The molecule has 0 spiro atoms. The summed E-state index contributed by atoms with van der Waals surface area (Å²) in [6, 6.07) is 13.7. The molecule has 0 atom stereocenters. The summed E-state index contributed by atoms with van der Waals surface area (Å²) >= 11 is 0. The summed E-state index contributed by atoms with van der Waals surface area (Å²) in [7, 11) is 0. The van der Waals surface area contributed by atoms with Crippen molar-refractivity contribution in [2.75, 3.05) is 5.48 Å². The van der Waals surface area contributed by atoms with Crippen molar-refractivity contribution in [3.8, 4) is 5.75 Å². The van der Waals surface area contributed by atoms with Gasteiger partial charge in [0.1, 0.15) is 12.3 Å². The van der Waals surface area contributed by atoms with Crippen molar-refractivity contribution in [1.29, 1.82) is 0 Å². The largest absolute Gasteiger partial charge is 0.409 e. The third-order valence-corrected chi connectivity index (χ3v) is 4.78. The van der Waals surface area contributed by atoms with Crippen molar-refractivity contribution in [1.82, 2.24) is 4.73 Å². The zero-order valence-electron chi connectivity index (χ0n) is 13.9. The molecular weight excluding hydrogens is 318 g/mol. The van der Waals surface area contributed by atoms with Crippen molar-refractivity contribution in [2.45, 2.75) is 32.3 Å². The third-order valence-electron chi connectivity index (χ3n) is 4.78. The van der Waals surface area contributed by atoms with Gasteiger partial charge in [0.2, 0.25) is 0 Å². The van der Waals surface area contributed by atoms with E-state index in [1.54, 1.807) is 6.07 Å². The summed E-state index contributed by atoms with van der Waals surface area (Å²) in [5.74, 6) is 5.94. The van der Waals surface area contributed by atoms with Crippen LogP contribution in [-0.4, -0.2) is 9.94 Å². The molecule has 1 aromatic heterocycles. The van der Waals surface area contributed by atoms with Gasteiger partial charge >= 0.3 is 0 Å². The third kappa shape index (κ3) is 2.69. The van der Waals surface area contributed by atoms with Crippen molar-refractivity contribution >= 4 is 16.6 Å². The van der Waals surface area contributed by atoms with Crippen molar-refractivity contribution < 1.29 is 14.9 Å². The maximum Gasteiger partial charge on any atom is 0.181 e. The van der Waals surface area contributed by atoms with Gasteiger partial charge in [0, 0.05) is 0 Å². The first-order valence-corrected chi connectivity index (χ1v) is 8.46. The predicted octanol–water partition coefficient (Wildman–Crippen LogP) is 3.20. The molecule has 130 valence electrons. The molecule has 6 heteroatoms. The molecule has 3 aromatic rings. The minimum atomic E-state index is 0.445. The van der Waals surface area contributed by atoms with E-state index in [1.165, 1.54) is 5.56 Å². The van der Waals surface area contributed by atoms with E-state index in [0.717, 1.165) is 47.8 Å². The number of aromatic nitrogens is 1. The first-order valence-electron chi connectivity index (χ1n) is 8.46. The standard InChI is InChI=1S/C19H21N3O3/c20-25-19-15(21-23)10-11-17-18(19)14-8-4-5-9-16(14)22(17)24-12-13-6-2-1-3-7-13/h1-3,6-7,10-11,21,23H,4-5,8-9,12,20H2. The van der Waals surface area contributed by atoms with E-state index >= 15 is 0 Å². The van der Waals surface area contributed by atoms with E-state index in [0.29, 0.717) is 18.0 Å². The minimum absolute atomic E-state index is 0.445. The Hall–Kier alpha value is -2.70. The summed E-state index contributed by atoms with van der Waals surface area (Å²) in [5, 5.41) is 10.3. The molecule has 1 aliphatic carbocycles. The van der Waals surface area contributed by atoms with Gasteiger partial charge in [0.25, 0.3) is 0 Å². The molecule has 2 aromatic carbocycles. The van der Waals surface area contributed by atoms with Crippen molar-refractivity contribution in [3.63, 3.8) is 0 Å². The normalized spacial score (nSPS) is 13.5. The van der Waals surface area contributed by atoms with E-state index in [9.17, 15) is 5.21 Å². The van der Waals surface area contributed by atoms with Gasteiger partial charge in [-0.25, -0.2) is 0 Å². The fourth-order valence-electron chi connectivity index (χ4n) is 3.63. The average molecular weight is 339 g/mol. The molecule has 0 saturated carbocycles. The maximum atomic E-state index is 9.35. The van der Waals surface area contributed by atoms with E-state index in [4.69, 9.17) is 15.6 Å². The monoisotopic (exact) mass is 339 g/mol. The average Bonchev–Trinajstić information content (AvgIpc) is 3.00. The lowest BCUT2D eigenvalue weighted by Crippen LogP contribution is -2.16. The van der Waals surface area contributed by atoms with Gasteiger partial charge in [-0.15, -0.1) is 0 Å². The Morgan fingerprint density at radius 3 is 2.64 bits per heavy atom. The summed E-state index contributed by atoms with van der Waals surface area (Å²) in [5.41, 5.74) is 6.96. The molecular formula is C19H21N3O3. The van der Waals surface area contributed by atoms with Crippen LogP contribution in [0, 0.1) is 0 Å². The first-order chi connectivity index (χ1) is 12.3. The smallest absolute Gasteiger partial charge is 0.181 e. The van der Waals surface area contributed by atoms with Gasteiger partial charge in [0.05, 0.1) is 16.6 Å². The van der Waals surface area contributed by atoms with Crippen molar-refractivity contribution in [2.24, 2.45) is 5.90 Å². The SMILES string of the molecule is NOc1c(NO)ccc2c1c1c(n2OCc2ccccc2)CCCC1. The quantitative estimate of drug-likeness (QED) is 0.622. The fourth-order valence-corrected chi connectivity index (χ4v) is 3.63. The molecule has 0 radical (unpaired) electrons. The Balaban J connectivity index is 1.83. The highest BCUT2D eigenvalue weighted by atomic mass is 16.7. The molecule has 0 saturated heterocycles. The molecule has 1 heterocycles. The molecule has 4 rings (SSSR count). The van der Waals surface area contributed by atoms with Crippen LogP contribution in [-0.2, 0) is 19.4 Å². The number of anilines is 1. The Bertz CT molecular complexity index is 890. The highest BCUT2D eigenvalue weighted by Crippen LogP contribution is 2.40. The summed E-state index contributed by atoms with van der Waals surface area (Å²) in [6.07, 6.45) is 4.14. The Morgan fingerprint density at radius 2 is 1.88 bits per heavy atom. The van der Waals surface area contributed by atoms with Crippen LogP contribution in [0.3, 0.4) is 0 Å². The van der Waals surface area contributed by atoms with Gasteiger partial charge in [-0.2, -0.15) is 10.6 Å². The van der Waals surface area contributed by atoms with Crippen LogP contribution in [0.5, 0.6) is 5.75 Å². The zero-order valence-corrected chi connectivity index (χ0v) is 13.9. The Morgan fingerprint density at radius 1 is 1.08 bits per heavy atom. The summed E-state index contributed by atoms with van der Waals surface area (Å²) in [4.78, 5) is 11.3. The molecule has 0 fully saturated rings. The predicted molar refractivity (Wildman–Crippen MR) is 95.5 cm³/mol. The van der Waals surface area contributed by atoms with Gasteiger partial charge in [-0.05, 0) is 48.9 Å². The number of fused-ring (bicyclic) bond motifs is 3. The minimum Gasteiger partial charge on any atom is -0.409 e. The lowest BCUT2D eigenvalue weighted by atomic mass is 9.95. The number of nitrogens with one attached hydrogen (secondary N) is 1. The number of nitrogens with zero attached hydrogens (tertiary/aromatic N) is 1.